The highest BCUT2D eigenvalue weighted by molar-refractivity contribution is 7.92. The van der Waals surface area contributed by atoms with Crippen LogP contribution in [-0.4, -0.2) is 65.3 Å². The van der Waals surface area contributed by atoms with E-state index in [2.05, 4.69) is 0 Å². The van der Waals surface area contributed by atoms with Crippen molar-refractivity contribution in [1.29, 1.82) is 0 Å². The summed E-state index contributed by atoms with van der Waals surface area (Å²) in [4.78, 5) is 25.9. The van der Waals surface area contributed by atoms with E-state index in [1.807, 2.05) is 13.0 Å². The molecule has 1 aliphatic heterocycles. The highest BCUT2D eigenvalue weighted by Crippen LogP contribution is 2.31. The molecule has 0 bridgehead atoms. The van der Waals surface area contributed by atoms with E-state index in [0.717, 1.165) is 16.1 Å². The molecule has 0 N–H and O–H groups in total. The monoisotopic (exact) mass is 398 g/mol. The van der Waals surface area contributed by atoms with Crippen molar-refractivity contribution in [3.8, 4) is 5.75 Å². The first-order chi connectivity index (χ1) is 12.7. The van der Waals surface area contributed by atoms with Gasteiger partial charge in [0.2, 0.25) is 15.9 Å². The van der Waals surface area contributed by atoms with Crippen molar-refractivity contribution in [2.45, 2.75) is 19.8 Å². The molecular formula is C18H26N2O6S. The van der Waals surface area contributed by atoms with Gasteiger partial charge >= 0.3 is 5.97 Å². The fourth-order valence-corrected chi connectivity index (χ4v) is 3.98. The van der Waals surface area contributed by atoms with Gasteiger partial charge in [0.05, 0.1) is 32.1 Å². The van der Waals surface area contributed by atoms with E-state index in [0.29, 0.717) is 37.4 Å². The first-order valence-electron chi connectivity index (χ1n) is 8.65. The van der Waals surface area contributed by atoms with Gasteiger partial charge in [0.15, 0.2) is 0 Å². The number of carbonyl (C=O) groups excluding carboxylic acids is 2. The number of ether oxygens (including phenoxy) is 2. The van der Waals surface area contributed by atoms with Crippen LogP contribution < -0.4 is 9.04 Å². The largest absolute Gasteiger partial charge is 0.495 e. The van der Waals surface area contributed by atoms with Crippen LogP contribution in [0.15, 0.2) is 18.2 Å². The van der Waals surface area contributed by atoms with E-state index < -0.39 is 10.0 Å². The Bertz CT molecular complexity index is 800. The number of carbonyl (C=O) groups is 2. The summed E-state index contributed by atoms with van der Waals surface area (Å²) in [6.45, 7) is 2.30. The lowest BCUT2D eigenvalue weighted by Gasteiger charge is -2.33. The Morgan fingerprint density at radius 1 is 1.22 bits per heavy atom. The van der Waals surface area contributed by atoms with Crippen molar-refractivity contribution >= 4 is 27.6 Å². The number of benzene rings is 1. The third-order valence-electron chi connectivity index (χ3n) is 4.66. The van der Waals surface area contributed by atoms with Crippen LogP contribution in [0.25, 0.3) is 0 Å². The zero-order valence-corrected chi connectivity index (χ0v) is 16.9. The summed E-state index contributed by atoms with van der Waals surface area (Å²) in [6, 6.07) is 5.16. The maximum absolute atomic E-state index is 12.7. The van der Waals surface area contributed by atoms with Gasteiger partial charge in [-0.2, -0.15) is 0 Å². The molecule has 1 aromatic rings. The number of aryl methyl sites for hydroxylation is 1. The zero-order chi connectivity index (χ0) is 20.2. The first-order valence-corrected chi connectivity index (χ1v) is 10.5. The van der Waals surface area contributed by atoms with Crippen molar-refractivity contribution in [2.75, 3.05) is 44.4 Å². The number of amides is 1. The molecule has 0 aliphatic carbocycles. The number of sulfonamides is 1. The smallest absolute Gasteiger partial charge is 0.308 e. The molecule has 150 valence electrons. The molecule has 1 heterocycles. The minimum absolute atomic E-state index is 0.220. The number of anilines is 1. The molecule has 1 aromatic carbocycles. The fraction of sp³-hybridized carbons (Fsp3) is 0.556. The summed E-state index contributed by atoms with van der Waals surface area (Å²) in [5.41, 5.74) is 1.18. The van der Waals surface area contributed by atoms with Crippen LogP contribution in [0.4, 0.5) is 5.69 Å². The van der Waals surface area contributed by atoms with E-state index in [1.54, 1.807) is 17.0 Å². The normalized spacial score (nSPS) is 15.3. The molecule has 1 fully saturated rings. The molecule has 0 saturated carbocycles. The second kappa shape index (κ2) is 8.60. The third-order valence-corrected chi connectivity index (χ3v) is 5.79. The minimum atomic E-state index is -3.70. The molecule has 0 atom stereocenters. The molecule has 0 spiro atoms. The van der Waals surface area contributed by atoms with Crippen LogP contribution in [0, 0.1) is 12.8 Å². The van der Waals surface area contributed by atoms with Gasteiger partial charge < -0.3 is 14.4 Å². The quantitative estimate of drug-likeness (QED) is 0.668. The van der Waals surface area contributed by atoms with Crippen LogP contribution in [-0.2, 0) is 24.3 Å². The lowest BCUT2D eigenvalue weighted by molar-refractivity contribution is -0.148. The Labute approximate surface area is 160 Å². The summed E-state index contributed by atoms with van der Waals surface area (Å²) in [6.07, 6.45) is 2.07. The number of likely N-dealkylation sites (tertiary alicyclic amines) is 1. The van der Waals surface area contributed by atoms with E-state index in [9.17, 15) is 18.0 Å². The Morgan fingerprint density at radius 2 is 1.85 bits per heavy atom. The molecular weight excluding hydrogens is 372 g/mol. The molecule has 1 aliphatic rings. The molecule has 0 unspecified atom stereocenters. The van der Waals surface area contributed by atoms with Crippen molar-refractivity contribution in [3.05, 3.63) is 23.8 Å². The van der Waals surface area contributed by atoms with E-state index in [4.69, 9.17) is 9.47 Å². The van der Waals surface area contributed by atoms with Crippen LogP contribution in [0.1, 0.15) is 18.4 Å². The number of esters is 1. The predicted molar refractivity (Wildman–Crippen MR) is 101 cm³/mol. The fourth-order valence-electron chi connectivity index (χ4n) is 3.13. The molecule has 0 aromatic heterocycles. The molecule has 8 nitrogen and oxygen atoms in total. The first kappa shape index (κ1) is 21.0. The van der Waals surface area contributed by atoms with E-state index in [-0.39, 0.29) is 24.3 Å². The van der Waals surface area contributed by atoms with Crippen LogP contribution in [0.2, 0.25) is 0 Å². The van der Waals surface area contributed by atoms with Crippen LogP contribution in [0.3, 0.4) is 0 Å². The summed E-state index contributed by atoms with van der Waals surface area (Å²) in [5, 5.41) is 0. The molecule has 1 amide bonds. The highest BCUT2D eigenvalue weighted by atomic mass is 32.2. The second-order valence-electron chi connectivity index (χ2n) is 6.62. The average molecular weight is 398 g/mol. The second-order valence-corrected chi connectivity index (χ2v) is 8.53. The maximum Gasteiger partial charge on any atom is 0.308 e. The maximum atomic E-state index is 12.7. The number of hydrogen-bond donors (Lipinski definition) is 0. The topological polar surface area (TPSA) is 93.2 Å². The molecule has 0 radical (unpaired) electrons. The van der Waals surface area contributed by atoms with E-state index in [1.165, 1.54) is 14.2 Å². The third kappa shape index (κ3) is 5.12. The summed E-state index contributed by atoms with van der Waals surface area (Å²) in [5.74, 6) is -0.429. The zero-order valence-electron chi connectivity index (χ0n) is 16.1. The minimum Gasteiger partial charge on any atom is -0.495 e. The Balaban J connectivity index is 2.18. The lowest BCUT2D eigenvalue weighted by Crippen LogP contribution is -2.46. The summed E-state index contributed by atoms with van der Waals surface area (Å²) >= 11 is 0. The SMILES string of the molecule is COC(=O)C1CCN(C(=O)CN(c2cc(C)ccc2OC)S(C)(=O)=O)CC1. The van der Waals surface area contributed by atoms with Crippen LogP contribution in [0.5, 0.6) is 5.75 Å². The Hall–Kier alpha value is -2.29. The van der Waals surface area contributed by atoms with Gasteiger partial charge in [-0.15, -0.1) is 0 Å². The Morgan fingerprint density at radius 3 is 2.37 bits per heavy atom. The van der Waals surface area contributed by atoms with Gasteiger partial charge in [-0.3, -0.25) is 13.9 Å². The standard InChI is InChI=1S/C18H26N2O6S/c1-13-5-6-16(25-2)15(11-13)20(27(4,23)24)12-17(21)19-9-7-14(8-10-19)18(22)26-3/h5-6,11,14H,7-10,12H2,1-4H3. The van der Waals surface area contributed by atoms with E-state index >= 15 is 0 Å². The van der Waals surface area contributed by atoms with Gasteiger partial charge in [-0.1, -0.05) is 6.07 Å². The Kier molecular flexibility index (Phi) is 6.69. The lowest BCUT2D eigenvalue weighted by atomic mass is 9.97. The number of piperidine rings is 1. The highest BCUT2D eigenvalue weighted by Gasteiger charge is 2.31. The molecule has 1 saturated heterocycles. The average Bonchev–Trinajstić information content (AvgIpc) is 2.64. The van der Waals surface area contributed by atoms with Gasteiger partial charge in [0, 0.05) is 13.1 Å². The summed E-state index contributed by atoms with van der Waals surface area (Å²) in [7, 11) is -0.899. The number of methoxy groups -OCH3 is 2. The number of nitrogens with zero attached hydrogens (tertiary/aromatic N) is 2. The van der Waals surface area contributed by atoms with Crippen LogP contribution >= 0.6 is 0 Å². The van der Waals surface area contributed by atoms with Gasteiger partial charge in [-0.05, 0) is 37.5 Å². The summed E-state index contributed by atoms with van der Waals surface area (Å²) < 4.78 is 35.8. The number of rotatable bonds is 6. The van der Waals surface area contributed by atoms with Gasteiger partial charge in [-0.25, -0.2) is 8.42 Å². The number of hydrogen-bond acceptors (Lipinski definition) is 6. The molecule has 9 heteroatoms. The van der Waals surface area contributed by atoms with Gasteiger partial charge in [0.1, 0.15) is 12.3 Å². The predicted octanol–water partition coefficient (Wildman–Crippen LogP) is 1.18. The molecule has 2 rings (SSSR count). The van der Waals surface area contributed by atoms with Crippen molar-refractivity contribution in [2.24, 2.45) is 5.92 Å². The molecule has 27 heavy (non-hydrogen) atoms. The van der Waals surface area contributed by atoms with Crippen molar-refractivity contribution in [3.63, 3.8) is 0 Å². The van der Waals surface area contributed by atoms with Crippen molar-refractivity contribution in [1.82, 2.24) is 4.90 Å². The van der Waals surface area contributed by atoms with Gasteiger partial charge in [0.25, 0.3) is 0 Å². The van der Waals surface area contributed by atoms with Crippen molar-refractivity contribution < 1.29 is 27.5 Å².